The van der Waals surface area contributed by atoms with Gasteiger partial charge in [-0.25, -0.2) is 4.98 Å². The van der Waals surface area contributed by atoms with Crippen LogP contribution in [0.5, 0.6) is 0 Å². The van der Waals surface area contributed by atoms with E-state index in [0.29, 0.717) is 6.54 Å². The maximum Gasteiger partial charge on any atom is 0.217 e. The van der Waals surface area contributed by atoms with E-state index >= 15 is 0 Å². The number of amides is 1. The smallest absolute Gasteiger partial charge is 0.217 e. The molecule has 0 aliphatic heterocycles. The van der Waals surface area contributed by atoms with Crippen LogP contribution in [0, 0.1) is 0 Å². The Morgan fingerprint density at radius 1 is 1.57 bits per heavy atom. The van der Waals surface area contributed by atoms with Crippen LogP contribution in [-0.2, 0) is 11.3 Å². The third-order valence-corrected chi connectivity index (χ3v) is 2.03. The van der Waals surface area contributed by atoms with E-state index in [1.807, 2.05) is 18.2 Å². The van der Waals surface area contributed by atoms with Crippen LogP contribution >= 0.6 is 0 Å². The highest BCUT2D eigenvalue weighted by molar-refractivity contribution is 5.76. The molecule has 1 aromatic carbocycles. The molecular weight excluding hydrogens is 178 g/mol. The van der Waals surface area contributed by atoms with Crippen LogP contribution in [0.2, 0.25) is 0 Å². The van der Waals surface area contributed by atoms with E-state index in [0.717, 1.165) is 16.6 Å². The van der Waals surface area contributed by atoms with E-state index < -0.39 is 0 Å². The zero-order valence-corrected chi connectivity index (χ0v) is 7.87. The van der Waals surface area contributed by atoms with E-state index in [2.05, 4.69) is 15.3 Å². The van der Waals surface area contributed by atoms with Crippen molar-refractivity contribution in [1.82, 2.24) is 15.3 Å². The summed E-state index contributed by atoms with van der Waals surface area (Å²) in [5, 5.41) is 2.75. The molecule has 1 heterocycles. The summed E-state index contributed by atoms with van der Waals surface area (Å²) in [5.74, 6) is -0.0188. The van der Waals surface area contributed by atoms with Gasteiger partial charge in [0.1, 0.15) is 0 Å². The summed E-state index contributed by atoms with van der Waals surface area (Å²) in [5.41, 5.74) is 3.00. The van der Waals surface area contributed by atoms with Crippen molar-refractivity contribution in [2.24, 2.45) is 0 Å². The van der Waals surface area contributed by atoms with Crippen molar-refractivity contribution in [3.8, 4) is 0 Å². The molecule has 2 N–H and O–H groups in total. The fourth-order valence-electron chi connectivity index (χ4n) is 1.32. The Balaban J connectivity index is 2.21. The first-order valence-electron chi connectivity index (χ1n) is 4.42. The molecule has 1 aromatic heterocycles. The molecule has 72 valence electrons. The van der Waals surface area contributed by atoms with E-state index in [1.165, 1.54) is 6.92 Å². The Morgan fingerprint density at radius 3 is 3.21 bits per heavy atom. The molecule has 0 saturated carbocycles. The fraction of sp³-hybridized carbons (Fsp3) is 0.200. The van der Waals surface area contributed by atoms with Gasteiger partial charge in [0.2, 0.25) is 5.91 Å². The summed E-state index contributed by atoms with van der Waals surface area (Å²) >= 11 is 0. The lowest BCUT2D eigenvalue weighted by molar-refractivity contribution is -0.119. The van der Waals surface area contributed by atoms with Crippen molar-refractivity contribution >= 4 is 16.9 Å². The Kier molecular flexibility index (Phi) is 2.18. The molecule has 0 saturated heterocycles. The summed E-state index contributed by atoms with van der Waals surface area (Å²) in [6.07, 6.45) is 1.66. The van der Waals surface area contributed by atoms with Crippen molar-refractivity contribution in [1.29, 1.82) is 0 Å². The summed E-state index contributed by atoms with van der Waals surface area (Å²) in [7, 11) is 0. The number of hydrogen-bond acceptors (Lipinski definition) is 2. The van der Waals surface area contributed by atoms with Gasteiger partial charge < -0.3 is 10.3 Å². The molecule has 2 rings (SSSR count). The van der Waals surface area contributed by atoms with Crippen LogP contribution in [0.15, 0.2) is 24.5 Å². The third-order valence-electron chi connectivity index (χ3n) is 2.03. The maximum atomic E-state index is 10.7. The predicted octanol–water partition coefficient (Wildman–Crippen LogP) is 1.20. The standard InChI is InChI=1S/C10H11N3O/c1-7(14)11-5-8-2-3-9-10(4-8)13-6-12-9/h2-4,6H,5H2,1H3,(H,11,14)(H,12,13). The Hall–Kier alpha value is -1.84. The molecule has 0 unspecified atom stereocenters. The molecule has 4 heteroatoms. The second-order valence-electron chi connectivity index (χ2n) is 3.16. The Morgan fingerprint density at radius 2 is 2.43 bits per heavy atom. The second-order valence-corrected chi connectivity index (χ2v) is 3.16. The van der Waals surface area contributed by atoms with Crippen LogP contribution in [0.4, 0.5) is 0 Å². The highest BCUT2D eigenvalue weighted by atomic mass is 16.1. The average molecular weight is 189 g/mol. The van der Waals surface area contributed by atoms with E-state index in [4.69, 9.17) is 0 Å². The highest BCUT2D eigenvalue weighted by Gasteiger charge is 1.98. The number of H-pyrrole nitrogens is 1. The number of benzene rings is 1. The number of hydrogen-bond donors (Lipinski definition) is 2. The number of carbonyl (C=O) groups is 1. The molecule has 1 amide bonds. The SMILES string of the molecule is CC(=O)NCc1ccc2nc[nH]c2c1. The minimum absolute atomic E-state index is 0.0188. The number of rotatable bonds is 2. The molecule has 0 atom stereocenters. The largest absolute Gasteiger partial charge is 0.352 e. The summed E-state index contributed by atoms with van der Waals surface area (Å²) in [6.45, 7) is 2.07. The van der Waals surface area contributed by atoms with Crippen LogP contribution in [0.1, 0.15) is 12.5 Å². The van der Waals surface area contributed by atoms with E-state index in [9.17, 15) is 4.79 Å². The molecule has 0 radical (unpaired) electrons. The van der Waals surface area contributed by atoms with Gasteiger partial charge in [0.25, 0.3) is 0 Å². The minimum atomic E-state index is -0.0188. The van der Waals surface area contributed by atoms with Gasteiger partial charge in [0.05, 0.1) is 17.4 Å². The van der Waals surface area contributed by atoms with Gasteiger partial charge in [-0.2, -0.15) is 0 Å². The van der Waals surface area contributed by atoms with Gasteiger partial charge in [-0.1, -0.05) is 6.07 Å². The molecule has 0 aliphatic rings. The number of nitrogens with one attached hydrogen (secondary N) is 2. The average Bonchev–Trinajstić information content (AvgIpc) is 2.61. The normalized spacial score (nSPS) is 10.4. The number of aromatic amines is 1. The van der Waals surface area contributed by atoms with Crippen molar-refractivity contribution in [2.45, 2.75) is 13.5 Å². The first-order chi connectivity index (χ1) is 6.75. The molecule has 4 nitrogen and oxygen atoms in total. The van der Waals surface area contributed by atoms with Crippen molar-refractivity contribution in [3.05, 3.63) is 30.1 Å². The zero-order chi connectivity index (χ0) is 9.97. The van der Waals surface area contributed by atoms with Crippen LogP contribution in [0.3, 0.4) is 0 Å². The third kappa shape index (κ3) is 1.74. The van der Waals surface area contributed by atoms with Crippen molar-refractivity contribution in [2.75, 3.05) is 0 Å². The first kappa shape index (κ1) is 8.74. The van der Waals surface area contributed by atoms with Gasteiger partial charge in [-0.15, -0.1) is 0 Å². The van der Waals surface area contributed by atoms with Crippen molar-refractivity contribution in [3.63, 3.8) is 0 Å². The Labute approximate surface area is 81.3 Å². The van der Waals surface area contributed by atoms with Gasteiger partial charge in [-0.05, 0) is 17.7 Å². The van der Waals surface area contributed by atoms with Gasteiger partial charge >= 0.3 is 0 Å². The van der Waals surface area contributed by atoms with Crippen LogP contribution in [0.25, 0.3) is 11.0 Å². The molecule has 2 aromatic rings. The fourth-order valence-corrected chi connectivity index (χ4v) is 1.32. The number of carbonyl (C=O) groups excluding carboxylic acids is 1. The van der Waals surface area contributed by atoms with Crippen LogP contribution < -0.4 is 5.32 Å². The number of nitrogens with zero attached hydrogens (tertiary/aromatic N) is 1. The number of fused-ring (bicyclic) bond motifs is 1. The van der Waals surface area contributed by atoms with E-state index in [-0.39, 0.29) is 5.91 Å². The molecule has 14 heavy (non-hydrogen) atoms. The van der Waals surface area contributed by atoms with Gasteiger partial charge in [-0.3, -0.25) is 4.79 Å². The van der Waals surface area contributed by atoms with E-state index in [1.54, 1.807) is 6.33 Å². The summed E-state index contributed by atoms with van der Waals surface area (Å²) in [4.78, 5) is 17.8. The second kappa shape index (κ2) is 3.49. The summed E-state index contributed by atoms with van der Waals surface area (Å²) < 4.78 is 0. The molecule has 0 spiro atoms. The lowest BCUT2D eigenvalue weighted by atomic mass is 10.2. The lowest BCUT2D eigenvalue weighted by Gasteiger charge is -2.01. The quantitative estimate of drug-likeness (QED) is 0.745. The molecular formula is C10H11N3O. The Bertz CT molecular complexity index is 461. The first-order valence-corrected chi connectivity index (χ1v) is 4.42. The topological polar surface area (TPSA) is 57.8 Å². The monoisotopic (exact) mass is 189 g/mol. The van der Waals surface area contributed by atoms with Gasteiger partial charge in [0.15, 0.2) is 0 Å². The lowest BCUT2D eigenvalue weighted by Crippen LogP contribution is -2.18. The summed E-state index contributed by atoms with van der Waals surface area (Å²) in [6, 6.07) is 5.88. The van der Waals surface area contributed by atoms with Crippen molar-refractivity contribution < 1.29 is 4.79 Å². The highest BCUT2D eigenvalue weighted by Crippen LogP contribution is 2.11. The molecule has 0 bridgehead atoms. The van der Waals surface area contributed by atoms with Gasteiger partial charge in [0, 0.05) is 13.5 Å². The zero-order valence-electron chi connectivity index (χ0n) is 7.87. The predicted molar refractivity (Wildman–Crippen MR) is 53.6 cm³/mol. The maximum absolute atomic E-state index is 10.7. The molecule has 0 fully saturated rings. The molecule has 0 aliphatic carbocycles. The number of aromatic nitrogens is 2. The minimum Gasteiger partial charge on any atom is -0.352 e. The van der Waals surface area contributed by atoms with Crippen LogP contribution in [-0.4, -0.2) is 15.9 Å². The number of imidazole rings is 1.